The average molecular weight is 342 g/mol. The number of hydrogen-bond donors (Lipinski definition) is 1. The summed E-state index contributed by atoms with van der Waals surface area (Å²) in [5.41, 5.74) is 0.725. The number of benzene rings is 1. The molecule has 1 unspecified atom stereocenters. The highest BCUT2D eigenvalue weighted by atomic mass is 19.1. The Morgan fingerprint density at radius 2 is 2.08 bits per heavy atom. The van der Waals surface area contributed by atoms with Crippen LogP contribution in [0, 0.1) is 12.7 Å². The normalized spacial score (nSPS) is 17.6. The van der Waals surface area contributed by atoms with Crippen molar-refractivity contribution in [1.29, 1.82) is 0 Å². The Kier molecular flexibility index (Phi) is 5.84. The van der Waals surface area contributed by atoms with E-state index in [2.05, 4.69) is 27.1 Å². The fourth-order valence-corrected chi connectivity index (χ4v) is 3.54. The summed E-state index contributed by atoms with van der Waals surface area (Å²) in [6.07, 6.45) is 5.52. The van der Waals surface area contributed by atoms with E-state index < -0.39 is 0 Å². The highest BCUT2D eigenvalue weighted by Gasteiger charge is 2.22. The minimum atomic E-state index is -0.150. The summed E-state index contributed by atoms with van der Waals surface area (Å²) in [6.45, 7) is 5.87. The van der Waals surface area contributed by atoms with Crippen LogP contribution in [-0.4, -0.2) is 29.1 Å². The van der Waals surface area contributed by atoms with E-state index in [-0.39, 0.29) is 5.82 Å². The van der Waals surface area contributed by atoms with E-state index >= 15 is 0 Å². The monoisotopic (exact) mass is 342 g/mol. The van der Waals surface area contributed by atoms with Gasteiger partial charge in [-0.3, -0.25) is 0 Å². The van der Waals surface area contributed by atoms with Crippen LogP contribution < -0.4 is 10.2 Å². The Morgan fingerprint density at radius 3 is 2.88 bits per heavy atom. The zero-order valence-electron chi connectivity index (χ0n) is 15.1. The lowest BCUT2D eigenvalue weighted by Crippen LogP contribution is -2.39. The van der Waals surface area contributed by atoms with Crippen molar-refractivity contribution in [3.63, 3.8) is 0 Å². The maximum atomic E-state index is 13.7. The molecule has 1 atom stereocenters. The van der Waals surface area contributed by atoms with E-state index in [1.165, 1.54) is 25.3 Å². The smallest absolute Gasteiger partial charge is 0.134 e. The summed E-state index contributed by atoms with van der Waals surface area (Å²) < 4.78 is 13.7. The SMILES string of the molecule is CCC1CCCCN1c1cc(NCCc2ccccc2F)nc(C)n1. The Labute approximate surface area is 149 Å². The maximum absolute atomic E-state index is 13.7. The summed E-state index contributed by atoms with van der Waals surface area (Å²) in [5, 5.41) is 3.33. The number of rotatable bonds is 6. The van der Waals surface area contributed by atoms with Crippen LogP contribution in [0.1, 0.15) is 44.0 Å². The third kappa shape index (κ3) is 4.47. The van der Waals surface area contributed by atoms with Crippen molar-refractivity contribution in [2.24, 2.45) is 0 Å². The molecule has 0 amide bonds. The van der Waals surface area contributed by atoms with Gasteiger partial charge in [-0.2, -0.15) is 0 Å². The molecule has 0 spiro atoms. The molecule has 2 aromatic rings. The first-order valence-electron chi connectivity index (χ1n) is 9.27. The van der Waals surface area contributed by atoms with Gasteiger partial charge < -0.3 is 10.2 Å². The van der Waals surface area contributed by atoms with E-state index in [0.29, 0.717) is 19.0 Å². The average Bonchev–Trinajstić information content (AvgIpc) is 2.63. The van der Waals surface area contributed by atoms with Crippen molar-refractivity contribution in [3.05, 3.63) is 47.5 Å². The lowest BCUT2D eigenvalue weighted by Gasteiger charge is -2.36. The van der Waals surface area contributed by atoms with E-state index in [1.54, 1.807) is 6.07 Å². The number of aryl methyl sites for hydroxylation is 1. The lowest BCUT2D eigenvalue weighted by atomic mass is 10.00. The first-order valence-corrected chi connectivity index (χ1v) is 9.27. The van der Waals surface area contributed by atoms with E-state index in [1.807, 2.05) is 25.1 Å². The molecule has 4 nitrogen and oxygen atoms in total. The third-order valence-corrected chi connectivity index (χ3v) is 4.88. The van der Waals surface area contributed by atoms with Crippen molar-refractivity contribution in [2.75, 3.05) is 23.3 Å². The van der Waals surface area contributed by atoms with E-state index in [0.717, 1.165) is 36.0 Å². The molecular formula is C20H27FN4. The van der Waals surface area contributed by atoms with Gasteiger partial charge in [-0.15, -0.1) is 0 Å². The van der Waals surface area contributed by atoms with Gasteiger partial charge in [0.2, 0.25) is 0 Å². The standard InChI is InChI=1S/C20H27FN4/c1-3-17-9-6-7-13-25(17)20-14-19(23-15(2)24-20)22-12-11-16-8-4-5-10-18(16)21/h4-5,8,10,14,17H,3,6-7,9,11-13H2,1-2H3,(H,22,23,24). The molecule has 0 bridgehead atoms. The predicted octanol–water partition coefficient (Wildman–Crippen LogP) is 4.35. The van der Waals surface area contributed by atoms with E-state index in [4.69, 9.17) is 0 Å². The second-order valence-electron chi connectivity index (χ2n) is 6.68. The number of piperidine rings is 1. The molecule has 0 radical (unpaired) electrons. The van der Waals surface area contributed by atoms with Crippen LogP contribution in [0.2, 0.25) is 0 Å². The van der Waals surface area contributed by atoms with Crippen LogP contribution in [0.3, 0.4) is 0 Å². The summed E-state index contributed by atoms with van der Waals surface area (Å²) >= 11 is 0. The van der Waals surface area contributed by atoms with Crippen LogP contribution in [-0.2, 0) is 6.42 Å². The quantitative estimate of drug-likeness (QED) is 0.847. The number of aromatic nitrogens is 2. The van der Waals surface area contributed by atoms with Crippen LogP contribution in [0.15, 0.2) is 30.3 Å². The van der Waals surface area contributed by atoms with Crippen molar-refractivity contribution in [2.45, 2.75) is 52.0 Å². The summed E-state index contributed by atoms with van der Waals surface area (Å²) in [5.74, 6) is 2.45. The van der Waals surface area contributed by atoms with Crippen LogP contribution >= 0.6 is 0 Å². The maximum Gasteiger partial charge on any atom is 0.134 e. The Balaban J connectivity index is 1.68. The summed E-state index contributed by atoms with van der Waals surface area (Å²) in [4.78, 5) is 11.6. The molecular weight excluding hydrogens is 315 g/mol. The second kappa shape index (κ2) is 8.28. The number of nitrogens with one attached hydrogen (secondary N) is 1. The van der Waals surface area contributed by atoms with Gasteiger partial charge in [0.15, 0.2) is 0 Å². The van der Waals surface area contributed by atoms with Gasteiger partial charge in [0.1, 0.15) is 23.3 Å². The van der Waals surface area contributed by atoms with Gasteiger partial charge in [0, 0.05) is 25.2 Å². The van der Waals surface area contributed by atoms with Gasteiger partial charge in [0.25, 0.3) is 0 Å². The number of halogens is 1. The molecule has 0 aliphatic carbocycles. The molecule has 1 fully saturated rings. The highest BCUT2D eigenvalue weighted by molar-refractivity contribution is 5.50. The van der Waals surface area contributed by atoms with Crippen LogP contribution in [0.5, 0.6) is 0 Å². The Bertz CT molecular complexity index is 704. The first kappa shape index (κ1) is 17.6. The van der Waals surface area contributed by atoms with Crippen LogP contribution in [0.25, 0.3) is 0 Å². The van der Waals surface area contributed by atoms with Crippen molar-refractivity contribution < 1.29 is 4.39 Å². The van der Waals surface area contributed by atoms with Gasteiger partial charge in [-0.05, 0) is 50.7 Å². The topological polar surface area (TPSA) is 41.0 Å². The van der Waals surface area contributed by atoms with Crippen molar-refractivity contribution in [1.82, 2.24) is 9.97 Å². The zero-order chi connectivity index (χ0) is 17.6. The molecule has 1 aliphatic heterocycles. The lowest BCUT2D eigenvalue weighted by molar-refractivity contribution is 0.446. The fourth-order valence-electron chi connectivity index (χ4n) is 3.54. The molecule has 25 heavy (non-hydrogen) atoms. The van der Waals surface area contributed by atoms with Gasteiger partial charge in [-0.1, -0.05) is 25.1 Å². The fraction of sp³-hybridized carbons (Fsp3) is 0.500. The van der Waals surface area contributed by atoms with E-state index in [9.17, 15) is 4.39 Å². The number of hydrogen-bond acceptors (Lipinski definition) is 4. The minimum Gasteiger partial charge on any atom is -0.370 e. The third-order valence-electron chi connectivity index (χ3n) is 4.88. The molecule has 1 aromatic heterocycles. The molecule has 1 saturated heterocycles. The van der Waals surface area contributed by atoms with Crippen molar-refractivity contribution in [3.8, 4) is 0 Å². The molecule has 1 N–H and O–H groups in total. The second-order valence-corrected chi connectivity index (χ2v) is 6.68. The molecule has 5 heteroatoms. The largest absolute Gasteiger partial charge is 0.370 e. The summed E-state index contributed by atoms with van der Waals surface area (Å²) in [7, 11) is 0. The molecule has 2 heterocycles. The molecule has 1 aromatic carbocycles. The molecule has 1 aliphatic rings. The molecule has 134 valence electrons. The van der Waals surface area contributed by atoms with Crippen LogP contribution in [0.4, 0.5) is 16.0 Å². The first-order chi connectivity index (χ1) is 12.2. The Hall–Kier alpha value is -2.17. The van der Waals surface area contributed by atoms with Gasteiger partial charge in [0.05, 0.1) is 0 Å². The number of anilines is 2. The molecule has 3 rings (SSSR count). The van der Waals surface area contributed by atoms with Gasteiger partial charge in [-0.25, -0.2) is 14.4 Å². The minimum absolute atomic E-state index is 0.150. The zero-order valence-corrected chi connectivity index (χ0v) is 15.1. The number of nitrogens with zero attached hydrogens (tertiary/aromatic N) is 3. The molecule has 0 saturated carbocycles. The van der Waals surface area contributed by atoms with Gasteiger partial charge >= 0.3 is 0 Å². The summed E-state index contributed by atoms with van der Waals surface area (Å²) in [6, 6.07) is 9.51. The predicted molar refractivity (Wildman–Crippen MR) is 101 cm³/mol. The Morgan fingerprint density at radius 1 is 1.24 bits per heavy atom. The highest BCUT2D eigenvalue weighted by Crippen LogP contribution is 2.26. The van der Waals surface area contributed by atoms with Crippen molar-refractivity contribution >= 4 is 11.6 Å².